The molecule has 0 spiro atoms. The summed E-state index contributed by atoms with van der Waals surface area (Å²) in [6.07, 6.45) is 0.565. The molecule has 4 nitrogen and oxygen atoms in total. The van der Waals surface area contributed by atoms with Crippen LogP contribution in [0.15, 0.2) is 10.9 Å². The number of nitrogens with zero attached hydrogens (tertiary/aromatic N) is 1. The van der Waals surface area contributed by atoms with E-state index >= 15 is 0 Å². The van der Waals surface area contributed by atoms with E-state index in [-0.39, 0.29) is 11.3 Å². The van der Waals surface area contributed by atoms with Crippen molar-refractivity contribution in [3.63, 3.8) is 0 Å². The van der Waals surface area contributed by atoms with Gasteiger partial charge in [0.1, 0.15) is 11.6 Å². The van der Waals surface area contributed by atoms with Crippen molar-refractivity contribution >= 4 is 5.78 Å². The minimum Gasteiger partial charge on any atom is -0.324 e. The van der Waals surface area contributed by atoms with Crippen LogP contribution in [0.4, 0.5) is 0 Å². The van der Waals surface area contributed by atoms with Crippen LogP contribution in [0, 0.1) is 11.3 Å². The van der Waals surface area contributed by atoms with Gasteiger partial charge in [0, 0.05) is 11.3 Å². The van der Waals surface area contributed by atoms with Gasteiger partial charge in [-0.05, 0) is 19.4 Å². The number of aryl methyl sites for hydroxylation is 1. The number of nitrogens with one attached hydrogen (secondary N) is 1. The first-order chi connectivity index (χ1) is 6.60. The van der Waals surface area contributed by atoms with Gasteiger partial charge in [0.05, 0.1) is 0 Å². The smallest absolute Gasteiger partial charge is 0.266 e. The van der Waals surface area contributed by atoms with Crippen molar-refractivity contribution in [2.45, 2.75) is 20.3 Å². The lowest BCUT2D eigenvalue weighted by Gasteiger charge is -2.03. The molecule has 1 heterocycles. The molecule has 0 aliphatic carbocycles. The largest absolute Gasteiger partial charge is 0.324 e. The Hall–Kier alpha value is -1.89. The average Bonchev–Trinajstić information content (AvgIpc) is 2.16. The Morgan fingerprint density at radius 2 is 2.29 bits per heavy atom. The van der Waals surface area contributed by atoms with E-state index in [1.807, 2.05) is 6.92 Å². The van der Waals surface area contributed by atoms with Crippen molar-refractivity contribution in [3.05, 3.63) is 33.2 Å². The van der Waals surface area contributed by atoms with Crippen molar-refractivity contribution in [1.29, 1.82) is 5.26 Å². The lowest BCUT2D eigenvalue weighted by Crippen LogP contribution is -2.16. The first-order valence-corrected chi connectivity index (χ1v) is 4.27. The van der Waals surface area contributed by atoms with Gasteiger partial charge in [-0.15, -0.1) is 0 Å². The number of ketones is 1. The summed E-state index contributed by atoms with van der Waals surface area (Å²) in [4.78, 5) is 24.9. The maximum Gasteiger partial charge on any atom is 0.266 e. The van der Waals surface area contributed by atoms with Gasteiger partial charge in [-0.2, -0.15) is 5.26 Å². The van der Waals surface area contributed by atoms with Crippen LogP contribution in [0.2, 0.25) is 0 Å². The van der Waals surface area contributed by atoms with E-state index < -0.39 is 5.56 Å². The van der Waals surface area contributed by atoms with Crippen molar-refractivity contribution in [1.82, 2.24) is 4.98 Å². The van der Waals surface area contributed by atoms with Crippen LogP contribution >= 0.6 is 0 Å². The molecule has 1 rings (SSSR count). The van der Waals surface area contributed by atoms with Gasteiger partial charge < -0.3 is 4.98 Å². The Balaban J connectivity index is 3.50. The van der Waals surface area contributed by atoms with E-state index in [1.165, 1.54) is 13.0 Å². The summed E-state index contributed by atoms with van der Waals surface area (Å²) >= 11 is 0. The monoisotopic (exact) mass is 190 g/mol. The summed E-state index contributed by atoms with van der Waals surface area (Å²) in [5, 5.41) is 8.61. The SMILES string of the molecule is CCc1[nH]c(=O)c(C#N)cc1C(C)=O. The summed E-state index contributed by atoms with van der Waals surface area (Å²) in [5.41, 5.74) is 0.548. The Morgan fingerprint density at radius 1 is 1.64 bits per heavy atom. The fourth-order valence-electron chi connectivity index (χ4n) is 1.24. The number of nitriles is 1. The zero-order valence-corrected chi connectivity index (χ0v) is 8.05. The van der Waals surface area contributed by atoms with Gasteiger partial charge >= 0.3 is 0 Å². The highest BCUT2D eigenvalue weighted by Crippen LogP contribution is 2.07. The molecule has 1 aromatic rings. The summed E-state index contributed by atoms with van der Waals surface area (Å²) in [6, 6.07) is 3.09. The third-order valence-electron chi connectivity index (χ3n) is 1.98. The molecule has 1 aromatic heterocycles. The van der Waals surface area contributed by atoms with Crippen molar-refractivity contribution in [3.8, 4) is 6.07 Å². The molecule has 0 aromatic carbocycles. The highest BCUT2D eigenvalue weighted by molar-refractivity contribution is 5.95. The van der Waals surface area contributed by atoms with Gasteiger partial charge in [0.15, 0.2) is 5.78 Å². The van der Waals surface area contributed by atoms with Crippen LogP contribution in [0.1, 0.15) is 35.5 Å². The minimum atomic E-state index is -0.436. The lowest BCUT2D eigenvalue weighted by atomic mass is 10.1. The van der Waals surface area contributed by atoms with Crippen LogP contribution in [0.5, 0.6) is 0 Å². The average molecular weight is 190 g/mol. The van der Waals surface area contributed by atoms with E-state index in [9.17, 15) is 9.59 Å². The van der Waals surface area contributed by atoms with Crippen LogP contribution in [0.3, 0.4) is 0 Å². The number of Topliss-reactive ketones (excluding diaryl/α,β-unsaturated/α-hetero) is 1. The fraction of sp³-hybridized carbons (Fsp3) is 0.300. The molecule has 0 fully saturated rings. The Kier molecular flexibility index (Phi) is 2.82. The first kappa shape index (κ1) is 10.2. The molecule has 0 unspecified atom stereocenters. The van der Waals surface area contributed by atoms with Crippen LogP contribution < -0.4 is 5.56 Å². The zero-order chi connectivity index (χ0) is 10.7. The molecular formula is C10H10N2O2. The van der Waals surface area contributed by atoms with E-state index in [4.69, 9.17) is 5.26 Å². The molecule has 4 heteroatoms. The molecule has 0 radical (unpaired) electrons. The number of carbonyl (C=O) groups is 1. The molecule has 0 atom stereocenters. The van der Waals surface area contributed by atoms with E-state index in [0.29, 0.717) is 17.7 Å². The maximum atomic E-state index is 11.2. The van der Waals surface area contributed by atoms with Crippen LogP contribution in [-0.2, 0) is 6.42 Å². The minimum absolute atomic E-state index is 0.0209. The number of aromatic amines is 1. The van der Waals surface area contributed by atoms with Crippen molar-refractivity contribution in [2.75, 3.05) is 0 Å². The molecule has 0 saturated carbocycles. The normalized spacial score (nSPS) is 9.50. The second-order valence-corrected chi connectivity index (χ2v) is 2.93. The number of hydrogen-bond donors (Lipinski definition) is 1. The lowest BCUT2D eigenvalue weighted by molar-refractivity contribution is 0.101. The molecule has 0 bridgehead atoms. The predicted octanol–water partition coefficient (Wildman–Crippen LogP) is 1.01. The third kappa shape index (κ3) is 1.72. The molecule has 0 saturated heterocycles. The quantitative estimate of drug-likeness (QED) is 0.707. The molecule has 1 N–H and O–H groups in total. The van der Waals surface area contributed by atoms with Gasteiger partial charge in [0.25, 0.3) is 5.56 Å². The molecule has 0 aliphatic rings. The number of H-pyrrole nitrogens is 1. The zero-order valence-electron chi connectivity index (χ0n) is 8.05. The number of carbonyl (C=O) groups excluding carboxylic acids is 1. The van der Waals surface area contributed by atoms with E-state index in [0.717, 1.165) is 0 Å². The van der Waals surface area contributed by atoms with Gasteiger partial charge in [-0.3, -0.25) is 9.59 Å². The topological polar surface area (TPSA) is 73.7 Å². The van der Waals surface area contributed by atoms with Crippen molar-refractivity contribution in [2.24, 2.45) is 0 Å². The van der Waals surface area contributed by atoms with Crippen LogP contribution in [-0.4, -0.2) is 10.8 Å². The summed E-state index contributed by atoms with van der Waals surface area (Å²) in [5.74, 6) is -0.144. The summed E-state index contributed by atoms with van der Waals surface area (Å²) < 4.78 is 0. The van der Waals surface area contributed by atoms with E-state index in [1.54, 1.807) is 6.07 Å². The van der Waals surface area contributed by atoms with Gasteiger partial charge in [-0.1, -0.05) is 6.92 Å². The third-order valence-corrected chi connectivity index (χ3v) is 1.98. The molecule has 0 aliphatic heterocycles. The number of rotatable bonds is 2. The second-order valence-electron chi connectivity index (χ2n) is 2.93. The Bertz CT molecular complexity index is 466. The predicted molar refractivity (Wildman–Crippen MR) is 51.2 cm³/mol. The second kappa shape index (κ2) is 3.88. The molecule has 0 amide bonds. The number of hydrogen-bond acceptors (Lipinski definition) is 3. The summed E-state index contributed by atoms with van der Waals surface area (Å²) in [6.45, 7) is 3.25. The van der Waals surface area contributed by atoms with Gasteiger partial charge in [-0.25, -0.2) is 0 Å². The number of aromatic nitrogens is 1. The first-order valence-electron chi connectivity index (χ1n) is 4.27. The van der Waals surface area contributed by atoms with Gasteiger partial charge in [0.2, 0.25) is 0 Å². The highest BCUT2D eigenvalue weighted by atomic mass is 16.1. The Morgan fingerprint density at radius 3 is 2.71 bits per heavy atom. The van der Waals surface area contributed by atoms with E-state index in [2.05, 4.69) is 4.98 Å². The summed E-state index contributed by atoms with van der Waals surface area (Å²) in [7, 11) is 0. The standard InChI is InChI=1S/C10H10N2O2/c1-3-9-8(6(2)13)4-7(5-11)10(14)12-9/h4H,3H2,1-2H3,(H,12,14). The fourth-order valence-corrected chi connectivity index (χ4v) is 1.24. The van der Waals surface area contributed by atoms with Crippen molar-refractivity contribution < 1.29 is 4.79 Å². The molecule has 72 valence electrons. The Labute approximate surface area is 81.2 Å². The number of pyridine rings is 1. The highest BCUT2D eigenvalue weighted by Gasteiger charge is 2.10. The molecular weight excluding hydrogens is 180 g/mol. The van der Waals surface area contributed by atoms with Crippen LogP contribution in [0.25, 0.3) is 0 Å². The maximum absolute atomic E-state index is 11.2. The molecule has 14 heavy (non-hydrogen) atoms.